The van der Waals surface area contributed by atoms with Crippen LogP contribution < -0.4 is 0 Å². The summed E-state index contributed by atoms with van der Waals surface area (Å²) in [4.78, 5) is 0. The molecule has 90 valence electrons. The predicted molar refractivity (Wildman–Crippen MR) is 69.8 cm³/mol. The van der Waals surface area contributed by atoms with Gasteiger partial charge in [-0.25, -0.2) is 0 Å². The average Bonchev–Trinajstić information content (AvgIpc) is 2.17. The van der Waals surface area contributed by atoms with Gasteiger partial charge in [0.1, 0.15) is 5.75 Å². The summed E-state index contributed by atoms with van der Waals surface area (Å²) < 4.78 is 0. The van der Waals surface area contributed by atoms with Crippen LogP contribution in [0.4, 0.5) is 0 Å². The van der Waals surface area contributed by atoms with Crippen LogP contribution >= 0.6 is 0 Å². The van der Waals surface area contributed by atoms with Crippen LogP contribution in [0.1, 0.15) is 46.6 Å². The fourth-order valence-electron chi connectivity index (χ4n) is 2.07. The molecule has 0 saturated carbocycles. The lowest BCUT2D eigenvalue weighted by molar-refractivity contribution is 0.309. The molecule has 1 aromatic carbocycles. The highest BCUT2D eigenvalue weighted by atomic mass is 16.3. The van der Waals surface area contributed by atoms with Crippen molar-refractivity contribution in [2.24, 2.45) is 11.8 Å². The van der Waals surface area contributed by atoms with E-state index in [-0.39, 0.29) is 5.41 Å². The van der Waals surface area contributed by atoms with Crippen molar-refractivity contribution in [3.05, 3.63) is 29.8 Å². The van der Waals surface area contributed by atoms with E-state index >= 15 is 0 Å². The van der Waals surface area contributed by atoms with Crippen molar-refractivity contribution in [3.8, 4) is 5.75 Å². The van der Waals surface area contributed by atoms with Gasteiger partial charge in [0.05, 0.1) is 0 Å². The van der Waals surface area contributed by atoms with E-state index in [2.05, 4.69) is 34.6 Å². The van der Waals surface area contributed by atoms with Gasteiger partial charge in [-0.15, -0.1) is 0 Å². The molecule has 0 aliphatic heterocycles. The van der Waals surface area contributed by atoms with Gasteiger partial charge in [-0.3, -0.25) is 0 Å². The van der Waals surface area contributed by atoms with Crippen LogP contribution in [-0.4, -0.2) is 5.11 Å². The molecule has 1 unspecified atom stereocenters. The molecule has 0 heterocycles. The van der Waals surface area contributed by atoms with Gasteiger partial charge in [-0.2, -0.15) is 0 Å². The third kappa shape index (κ3) is 3.26. The molecule has 1 rings (SSSR count). The van der Waals surface area contributed by atoms with Crippen LogP contribution in [0.2, 0.25) is 0 Å². The maximum atomic E-state index is 9.29. The van der Waals surface area contributed by atoms with Gasteiger partial charge in [0.2, 0.25) is 0 Å². The summed E-state index contributed by atoms with van der Waals surface area (Å²) in [6.07, 6.45) is 1.18. The van der Waals surface area contributed by atoms with Crippen LogP contribution in [-0.2, 0) is 5.41 Å². The van der Waals surface area contributed by atoms with Crippen molar-refractivity contribution >= 4 is 0 Å². The van der Waals surface area contributed by atoms with Gasteiger partial charge in [0.25, 0.3) is 0 Å². The summed E-state index contributed by atoms with van der Waals surface area (Å²) >= 11 is 0. The number of rotatable bonds is 4. The summed E-state index contributed by atoms with van der Waals surface area (Å²) in [5.74, 6) is 1.77. The van der Waals surface area contributed by atoms with Gasteiger partial charge in [0, 0.05) is 0 Å². The zero-order valence-corrected chi connectivity index (χ0v) is 11.1. The van der Waals surface area contributed by atoms with Crippen molar-refractivity contribution in [1.82, 2.24) is 0 Å². The fraction of sp³-hybridized carbons (Fsp3) is 0.600. The van der Waals surface area contributed by atoms with Crippen LogP contribution in [0.3, 0.4) is 0 Å². The SMILES string of the molecule is CC(C)C(C)CC(C)(C)c1ccc(O)cc1. The van der Waals surface area contributed by atoms with E-state index in [0.29, 0.717) is 11.7 Å². The summed E-state index contributed by atoms with van der Waals surface area (Å²) in [6, 6.07) is 7.61. The summed E-state index contributed by atoms with van der Waals surface area (Å²) in [6.45, 7) is 11.4. The monoisotopic (exact) mass is 220 g/mol. The van der Waals surface area contributed by atoms with Gasteiger partial charge >= 0.3 is 0 Å². The Morgan fingerprint density at radius 1 is 1.06 bits per heavy atom. The third-order valence-corrected chi connectivity index (χ3v) is 3.62. The van der Waals surface area contributed by atoms with Crippen molar-refractivity contribution in [2.45, 2.75) is 46.5 Å². The van der Waals surface area contributed by atoms with Crippen molar-refractivity contribution in [3.63, 3.8) is 0 Å². The smallest absolute Gasteiger partial charge is 0.115 e. The Morgan fingerprint density at radius 3 is 2.00 bits per heavy atom. The van der Waals surface area contributed by atoms with Gasteiger partial charge in [-0.1, -0.05) is 46.8 Å². The standard InChI is InChI=1S/C15H24O/c1-11(2)12(3)10-15(4,5)13-6-8-14(16)9-7-13/h6-9,11-12,16H,10H2,1-5H3. The van der Waals surface area contributed by atoms with Crippen LogP contribution in [0.15, 0.2) is 24.3 Å². The van der Waals surface area contributed by atoms with E-state index in [9.17, 15) is 5.11 Å². The molecule has 1 nitrogen and oxygen atoms in total. The molecule has 1 heteroatoms. The second kappa shape index (κ2) is 4.90. The Labute approximate surface area is 99.5 Å². The molecule has 0 aliphatic carbocycles. The van der Waals surface area contributed by atoms with E-state index < -0.39 is 0 Å². The lowest BCUT2D eigenvalue weighted by atomic mass is 9.75. The highest BCUT2D eigenvalue weighted by Crippen LogP contribution is 2.33. The fourth-order valence-corrected chi connectivity index (χ4v) is 2.07. The van der Waals surface area contributed by atoms with E-state index in [4.69, 9.17) is 0 Å². The Kier molecular flexibility index (Phi) is 4.01. The molecule has 0 amide bonds. The molecule has 1 aromatic rings. The first kappa shape index (κ1) is 13.1. The third-order valence-electron chi connectivity index (χ3n) is 3.62. The maximum Gasteiger partial charge on any atom is 0.115 e. The number of aromatic hydroxyl groups is 1. The first-order chi connectivity index (χ1) is 7.33. The van der Waals surface area contributed by atoms with Crippen molar-refractivity contribution in [2.75, 3.05) is 0 Å². The van der Waals surface area contributed by atoms with Gasteiger partial charge < -0.3 is 5.11 Å². The number of phenolic OH excluding ortho intramolecular Hbond substituents is 1. The number of phenols is 1. The molecule has 1 atom stereocenters. The van der Waals surface area contributed by atoms with Crippen LogP contribution in [0.25, 0.3) is 0 Å². The molecular formula is C15H24O. The Morgan fingerprint density at radius 2 is 1.56 bits per heavy atom. The summed E-state index contributed by atoms with van der Waals surface area (Å²) in [5.41, 5.74) is 1.48. The zero-order valence-electron chi connectivity index (χ0n) is 11.1. The first-order valence-corrected chi connectivity index (χ1v) is 6.12. The van der Waals surface area contributed by atoms with Crippen LogP contribution in [0, 0.1) is 11.8 Å². The lowest BCUT2D eigenvalue weighted by Crippen LogP contribution is -2.22. The molecule has 0 fully saturated rings. The number of hydrogen-bond donors (Lipinski definition) is 1. The molecule has 0 spiro atoms. The van der Waals surface area contributed by atoms with Gasteiger partial charge in [0.15, 0.2) is 0 Å². The molecule has 0 aliphatic rings. The maximum absolute atomic E-state index is 9.29. The van der Waals surface area contributed by atoms with Crippen molar-refractivity contribution < 1.29 is 5.11 Å². The minimum absolute atomic E-state index is 0.178. The Hall–Kier alpha value is -0.980. The second-order valence-electron chi connectivity index (χ2n) is 5.86. The molecule has 1 N–H and O–H groups in total. The van der Waals surface area contributed by atoms with Crippen molar-refractivity contribution in [1.29, 1.82) is 0 Å². The normalized spacial score (nSPS) is 14.1. The number of benzene rings is 1. The minimum Gasteiger partial charge on any atom is -0.508 e. The quantitative estimate of drug-likeness (QED) is 0.799. The molecule has 16 heavy (non-hydrogen) atoms. The molecule has 0 saturated heterocycles. The topological polar surface area (TPSA) is 20.2 Å². The van der Waals surface area contributed by atoms with E-state index in [1.54, 1.807) is 12.1 Å². The Balaban J connectivity index is 2.80. The van der Waals surface area contributed by atoms with Crippen LogP contribution in [0.5, 0.6) is 5.75 Å². The highest BCUT2D eigenvalue weighted by Gasteiger charge is 2.24. The molecular weight excluding hydrogens is 196 g/mol. The Bertz CT molecular complexity index is 322. The summed E-state index contributed by atoms with van der Waals surface area (Å²) in [5, 5.41) is 9.29. The van der Waals surface area contributed by atoms with E-state index in [1.807, 2.05) is 12.1 Å². The minimum atomic E-state index is 0.178. The second-order valence-corrected chi connectivity index (χ2v) is 5.86. The number of hydrogen-bond acceptors (Lipinski definition) is 1. The summed E-state index contributed by atoms with van der Waals surface area (Å²) in [7, 11) is 0. The lowest BCUT2D eigenvalue weighted by Gasteiger charge is -2.30. The van der Waals surface area contributed by atoms with E-state index in [1.165, 1.54) is 12.0 Å². The highest BCUT2D eigenvalue weighted by molar-refractivity contribution is 5.30. The first-order valence-electron chi connectivity index (χ1n) is 6.12. The predicted octanol–water partition coefficient (Wildman–Crippen LogP) is 4.35. The average molecular weight is 220 g/mol. The van der Waals surface area contributed by atoms with E-state index in [0.717, 1.165) is 5.92 Å². The zero-order chi connectivity index (χ0) is 12.3. The van der Waals surface area contributed by atoms with Gasteiger partial charge in [-0.05, 0) is 41.4 Å². The molecule has 0 bridgehead atoms. The molecule has 0 radical (unpaired) electrons. The molecule has 0 aromatic heterocycles. The largest absolute Gasteiger partial charge is 0.508 e.